The van der Waals surface area contributed by atoms with Crippen LogP contribution in [0.4, 0.5) is 5.69 Å². The van der Waals surface area contributed by atoms with Gasteiger partial charge < -0.3 is 10.1 Å². The third kappa shape index (κ3) is 6.77. The van der Waals surface area contributed by atoms with Crippen molar-refractivity contribution in [1.29, 1.82) is 0 Å². The number of sulfonamides is 1. The monoisotopic (exact) mass is 526 g/mol. The molecule has 0 spiro atoms. The highest BCUT2D eigenvalue weighted by atomic mass is 35.5. The number of nitrogens with zero attached hydrogens (tertiary/aromatic N) is 1. The summed E-state index contributed by atoms with van der Waals surface area (Å²) in [4.78, 5) is 12.6. The lowest BCUT2D eigenvalue weighted by atomic mass is 10.2. The number of carbonyl (C=O) groups excluding carboxylic acids is 1. The lowest BCUT2D eigenvalue weighted by Gasteiger charge is -2.24. The van der Waals surface area contributed by atoms with Crippen LogP contribution in [0.25, 0.3) is 0 Å². The summed E-state index contributed by atoms with van der Waals surface area (Å²) in [5.74, 6) is 0.0729. The summed E-state index contributed by atoms with van der Waals surface area (Å²) < 4.78 is 33.2. The second-order valence-electron chi connectivity index (χ2n) is 7.05. The van der Waals surface area contributed by atoms with E-state index in [9.17, 15) is 13.2 Å². The van der Waals surface area contributed by atoms with Crippen molar-refractivity contribution in [3.05, 3.63) is 87.4 Å². The SMILES string of the molecule is Cc1ccc(OCCNC(=O)CN(c2cccc(Cl)c2)S(=O)(=O)c2ccc(Cl)cc2)cc1Cl. The fourth-order valence-corrected chi connectivity index (χ4v) is 4.78. The van der Waals surface area contributed by atoms with E-state index in [1.165, 1.54) is 30.3 Å². The van der Waals surface area contributed by atoms with E-state index in [0.29, 0.717) is 20.8 Å². The van der Waals surface area contributed by atoms with Gasteiger partial charge in [-0.15, -0.1) is 0 Å². The number of amides is 1. The standard InChI is InChI=1S/C23H21Cl3N2O4S/c1-16-5-8-20(14-22(16)26)32-12-11-27-23(29)15-28(19-4-2-3-18(25)13-19)33(30,31)21-9-6-17(24)7-10-21/h2-10,13-14H,11-12,15H2,1H3,(H,27,29). The van der Waals surface area contributed by atoms with E-state index in [4.69, 9.17) is 39.5 Å². The number of aryl methyl sites for hydroxylation is 1. The molecule has 0 atom stereocenters. The first kappa shape index (κ1) is 25.2. The van der Waals surface area contributed by atoms with Crippen LogP contribution >= 0.6 is 34.8 Å². The van der Waals surface area contributed by atoms with Crippen LogP contribution in [0.5, 0.6) is 5.75 Å². The van der Waals surface area contributed by atoms with Crippen molar-refractivity contribution in [2.75, 3.05) is 24.0 Å². The van der Waals surface area contributed by atoms with Gasteiger partial charge in [0.05, 0.1) is 17.1 Å². The van der Waals surface area contributed by atoms with Crippen molar-refractivity contribution >= 4 is 56.4 Å². The second-order valence-corrected chi connectivity index (χ2v) is 10.2. The van der Waals surface area contributed by atoms with Gasteiger partial charge in [-0.2, -0.15) is 0 Å². The fourth-order valence-electron chi connectivity index (χ4n) is 2.89. The van der Waals surface area contributed by atoms with Gasteiger partial charge in [-0.05, 0) is 67.1 Å². The highest BCUT2D eigenvalue weighted by molar-refractivity contribution is 7.92. The Bertz CT molecular complexity index is 1230. The first-order valence-corrected chi connectivity index (χ1v) is 12.4. The van der Waals surface area contributed by atoms with E-state index >= 15 is 0 Å². The number of halogens is 3. The number of benzene rings is 3. The van der Waals surface area contributed by atoms with Gasteiger partial charge in [0.1, 0.15) is 18.9 Å². The van der Waals surface area contributed by atoms with E-state index < -0.39 is 22.5 Å². The van der Waals surface area contributed by atoms with Crippen molar-refractivity contribution in [1.82, 2.24) is 5.32 Å². The number of nitrogens with one attached hydrogen (secondary N) is 1. The molecule has 33 heavy (non-hydrogen) atoms. The zero-order valence-corrected chi connectivity index (χ0v) is 20.7. The molecule has 0 bridgehead atoms. The molecule has 3 aromatic carbocycles. The van der Waals surface area contributed by atoms with E-state index in [0.717, 1.165) is 9.87 Å². The molecule has 3 aromatic rings. The normalized spacial score (nSPS) is 11.2. The highest BCUT2D eigenvalue weighted by Crippen LogP contribution is 2.27. The van der Waals surface area contributed by atoms with Crippen LogP contribution in [0, 0.1) is 6.92 Å². The molecule has 6 nitrogen and oxygen atoms in total. The average molecular weight is 528 g/mol. The highest BCUT2D eigenvalue weighted by Gasteiger charge is 2.27. The molecule has 10 heteroatoms. The molecule has 0 aromatic heterocycles. The Labute approximate surface area is 208 Å². The number of ether oxygens (including phenoxy) is 1. The van der Waals surface area contributed by atoms with Crippen LogP contribution in [-0.4, -0.2) is 34.0 Å². The summed E-state index contributed by atoms with van der Waals surface area (Å²) in [5, 5.41) is 3.99. The minimum atomic E-state index is -4.06. The number of rotatable bonds is 9. The zero-order valence-electron chi connectivity index (χ0n) is 17.6. The summed E-state index contributed by atoms with van der Waals surface area (Å²) in [6.45, 7) is 1.80. The van der Waals surface area contributed by atoms with Gasteiger partial charge in [0, 0.05) is 15.1 Å². The minimum Gasteiger partial charge on any atom is -0.492 e. The molecule has 0 radical (unpaired) electrons. The third-order valence-electron chi connectivity index (χ3n) is 4.62. The molecule has 0 fully saturated rings. The third-order valence-corrected chi connectivity index (χ3v) is 7.30. The summed E-state index contributed by atoms with van der Waals surface area (Å²) in [6, 6.07) is 17.3. The van der Waals surface area contributed by atoms with Crippen molar-refractivity contribution in [2.45, 2.75) is 11.8 Å². The van der Waals surface area contributed by atoms with Crippen molar-refractivity contribution in [3.8, 4) is 5.75 Å². The van der Waals surface area contributed by atoms with Gasteiger partial charge in [0.15, 0.2) is 0 Å². The molecule has 1 amide bonds. The van der Waals surface area contributed by atoms with Crippen LogP contribution in [0.3, 0.4) is 0 Å². The number of hydrogen-bond donors (Lipinski definition) is 1. The van der Waals surface area contributed by atoms with Crippen molar-refractivity contribution in [3.63, 3.8) is 0 Å². The summed E-state index contributed by atoms with van der Waals surface area (Å²) in [5.41, 5.74) is 1.19. The van der Waals surface area contributed by atoms with Gasteiger partial charge in [-0.1, -0.05) is 46.9 Å². The van der Waals surface area contributed by atoms with Crippen LogP contribution in [0.1, 0.15) is 5.56 Å². The Morgan fingerprint density at radius 2 is 1.70 bits per heavy atom. The number of carbonyl (C=O) groups is 1. The van der Waals surface area contributed by atoms with Crippen LogP contribution in [-0.2, 0) is 14.8 Å². The van der Waals surface area contributed by atoms with Gasteiger partial charge in [-0.3, -0.25) is 9.10 Å². The Morgan fingerprint density at radius 3 is 2.36 bits per heavy atom. The molecule has 0 aliphatic rings. The maximum Gasteiger partial charge on any atom is 0.264 e. The van der Waals surface area contributed by atoms with Crippen molar-refractivity contribution in [2.24, 2.45) is 0 Å². The summed E-state index contributed by atoms with van der Waals surface area (Å²) in [7, 11) is -4.06. The predicted molar refractivity (Wildman–Crippen MR) is 132 cm³/mol. The van der Waals surface area contributed by atoms with Gasteiger partial charge in [-0.25, -0.2) is 8.42 Å². The van der Waals surface area contributed by atoms with Crippen molar-refractivity contribution < 1.29 is 17.9 Å². The Hall–Kier alpha value is -2.45. The first-order valence-electron chi connectivity index (χ1n) is 9.86. The molecule has 0 unspecified atom stereocenters. The number of hydrogen-bond acceptors (Lipinski definition) is 4. The molecular weight excluding hydrogens is 507 g/mol. The van der Waals surface area contributed by atoms with Crippen LogP contribution < -0.4 is 14.4 Å². The molecule has 0 heterocycles. The topological polar surface area (TPSA) is 75.7 Å². The fraction of sp³-hybridized carbons (Fsp3) is 0.174. The molecule has 1 N–H and O–H groups in total. The predicted octanol–water partition coefficient (Wildman–Crippen LogP) is 5.35. The molecule has 3 rings (SSSR count). The molecule has 174 valence electrons. The maximum atomic E-state index is 13.3. The lowest BCUT2D eigenvalue weighted by molar-refractivity contribution is -0.119. The Balaban J connectivity index is 1.70. The Kier molecular flexibility index (Phi) is 8.48. The van der Waals surface area contributed by atoms with Gasteiger partial charge >= 0.3 is 0 Å². The largest absolute Gasteiger partial charge is 0.492 e. The molecule has 0 aliphatic heterocycles. The first-order chi connectivity index (χ1) is 15.7. The Morgan fingerprint density at radius 1 is 0.970 bits per heavy atom. The molecule has 0 saturated carbocycles. The van der Waals surface area contributed by atoms with E-state index in [1.807, 2.05) is 13.0 Å². The quantitative estimate of drug-likeness (QED) is 0.381. The summed E-state index contributed by atoms with van der Waals surface area (Å²) >= 11 is 18.0. The zero-order chi connectivity index (χ0) is 24.0. The maximum absolute atomic E-state index is 13.3. The van der Waals surface area contributed by atoms with Crippen LogP contribution in [0.15, 0.2) is 71.6 Å². The van der Waals surface area contributed by atoms with Gasteiger partial charge in [0.2, 0.25) is 5.91 Å². The second kappa shape index (κ2) is 11.1. The van der Waals surface area contributed by atoms with Crippen LogP contribution in [0.2, 0.25) is 15.1 Å². The lowest BCUT2D eigenvalue weighted by Crippen LogP contribution is -2.41. The molecule has 0 saturated heterocycles. The smallest absolute Gasteiger partial charge is 0.264 e. The summed E-state index contributed by atoms with van der Waals surface area (Å²) in [6.07, 6.45) is 0. The van der Waals surface area contributed by atoms with E-state index in [2.05, 4.69) is 5.32 Å². The number of anilines is 1. The van der Waals surface area contributed by atoms with Gasteiger partial charge in [0.25, 0.3) is 10.0 Å². The average Bonchev–Trinajstić information content (AvgIpc) is 2.77. The molecular formula is C23H21Cl3N2O4S. The van der Waals surface area contributed by atoms with E-state index in [-0.39, 0.29) is 23.7 Å². The van der Waals surface area contributed by atoms with E-state index in [1.54, 1.807) is 30.3 Å². The molecule has 0 aliphatic carbocycles. The minimum absolute atomic E-state index is 0.000686.